The molecule has 2 heterocycles. The molecule has 132 valence electrons. The van der Waals surface area contributed by atoms with Crippen LogP contribution in [-0.4, -0.2) is 22.3 Å². The van der Waals surface area contributed by atoms with Crippen molar-refractivity contribution >= 4 is 11.6 Å². The molecule has 3 aromatic rings. The quantitative estimate of drug-likeness (QED) is 0.780. The van der Waals surface area contributed by atoms with Crippen LogP contribution >= 0.6 is 0 Å². The van der Waals surface area contributed by atoms with Gasteiger partial charge in [0.2, 0.25) is 5.91 Å². The van der Waals surface area contributed by atoms with Crippen LogP contribution in [0.1, 0.15) is 29.3 Å². The Morgan fingerprint density at radius 3 is 2.81 bits per heavy atom. The number of aromatic nitrogens is 2. The lowest BCUT2D eigenvalue weighted by molar-refractivity contribution is -0.119. The summed E-state index contributed by atoms with van der Waals surface area (Å²) in [4.78, 5) is 12.6. The predicted molar refractivity (Wildman–Crippen MR) is 100 cm³/mol. The Bertz CT molecular complexity index is 918. The minimum absolute atomic E-state index is 0.0672. The van der Waals surface area contributed by atoms with E-state index in [1.54, 1.807) is 6.20 Å². The molecule has 0 bridgehead atoms. The van der Waals surface area contributed by atoms with Gasteiger partial charge in [0, 0.05) is 0 Å². The second-order valence-corrected chi connectivity index (χ2v) is 6.45. The highest BCUT2D eigenvalue weighted by Crippen LogP contribution is 2.30. The van der Waals surface area contributed by atoms with E-state index in [1.807, 2.05) is 60.1 Å². The first kappa shape index (κ1) is 16.5. The van der Waals surface area contributed by atoms with E-state index < -0.39 is 0 Å². The number of amides is 1. The third-order valence-corrected chi connectivity index (χ3v) is 4.75. The highest BCUT2D eigenvalue weighted by molar-refractivity contribution is 5.91. The van der Waals surface area contributed by atoms with Crippen molar-refractivity contribution in [2.45, 2.75) is 25.9 Å². The number of carbonyl (C=O) groups excluding carboxylic acids is 1. The zero-order chi connectivity index (χ0) is 17.9. The normalized spacial score (nSPS) is 16.1. The van der Waals surface area contributed by atoms with Crippen LogP contribution in [-0.2, 0) is 16.0 Å². The SMILES string of the molecule is Cc1c(NC(=O)C[C@@H]2OCCc3ccccc32)cnn1-c1ccccc1. The molecular weight excluding hydrogens is 326 g/mol. The number of ether oxygens (including phenoxy) is 1. The van der Waals surface area contributed by atoms with E-state index in [-0.39, 0.29) is 12.0 Å². The molecule has 0 fully saturated rings. The van der Waals surface area contributed by atoms with Crippen molar-refractivity contribution in [3.05, 3.63) is 77.6 Å². The van der Waals surface area contributed by atoms with Crippen molar-refractivity contribution in [3.63, 3.8) is 0 Å². The fourth-order valence-corrected chi connectivity index (χ4v) is 3.38. The second kappa shape index (κ2) is 7.14. The van der Waals surface area contributed by atoms with Gasteiger partial charge in [-0.1, -0.05) is 42.5 Å². The number of nitrogens with one attached hydrogen (secondary N) is 1. The highest BCUT2D eigenvalue weighted by atomic mass is 16.5. The number of carbonyl (C=O) groups is 1. The van der Waals surface area contributed by atoms with Gasteiger partial charge in [-0.2, -0.15) is 5.10 Å². The van der Waals surface area contributed by atoms with Crippen LogP contribution in [0.2, 0.25) is 0 Å². The lowest BCUT2D eigenvalue weighted by atomic mass is 9.95. The lowest BCUT2D eigenvalue weighted by Gasteiger charge is -2.25. The molecule has 1 N–H and O–H groups in total. The van der Waals surface area contributed by atoms with E-state index in [0.717, 1.165) is 29.1 Å². The van der Waals surface area contributed by atoms with Crippen molar-refractivity contribution in [2.24, 2.45) is 0 Å². The fourth-order valence-electron chi connectivity index (χ4n) is 3.38. The highest BCUT2D eigenvalue weighted by Gasteiger charge is 2.23. The minimum Gasteiger partial charge on any atom is -0.373 e. The van der Waals surface area contributed by atoms with Crippen molar-refractivity contribution < 1.29 is 9.53 Å². The first-order valence-corrected chi connectivity index (χ1v) is 8.81. The van der Waals surface area contributed by atoms with Crippen LogP contribution in [0.15, 0.2) is 60.8 Å². The molecule has 0 spiro atoms. The van der Waals surface area contributed by atoms with E-state index in [4.69, 9.17) is 4.74 Å². The molecule has 5 heteroatoms. The maximum atomic E-state index is 12.6. The average Bonchev–Trinajstić information content (AvgIpc) is 3.03. The van der Waals surface area contributed by atoms with Crippen LogP contribution in [0.4, 0.5) is 5.69 Å². The Morgan fingerprint density at radius 2 is 1.96 bits per heavy atom. The summed E-state index contributed by atoms with van der Waals surface area (Å²) >= 11 is 0. The zero-order valence-electron chi connectivity index (χ0n) is 14.7. The summed E-state index contributed by atoms with van der Waals surface area (Å²) < 4.78 is 7.66. The molecular formula is C21H21N3O2. The van der Waals surface area contributed by atoms with Gasteiger partial charge in [0.25, 0.3) is 0 Å². The van der Waals surface area contributed by atoms with Gasteiger partial charge in [0.1, 0.15) is 0 Å². The van der Waals surface area contributed by atoms with Crippen molar-refractivity contribution in [2.75, 3.05) is 11.9 Å². The standard InChI is InChI=1S/C21H21N3O2/c1-15-19(14-22-24(15)17-8-3-2-4-9-17)23-21(25)13-20-18-10-6-5-7-16(18)11-12-26-20/h2-10,14,20H,11-13H2,1H3,(H,23,25)/t20-/m0/s1. The molecule has 4 rings (SSSR count). The zero-order valence-corrected chi connectivity index (χ0v) is 14.7. The lowest BCUT2D eigenvalue weighted by Crippen LogP contribution is -2.22. The molecule has 0 saturated heterocycles. The number of hydrogen-bond acceptors (Lipinski definition) is 3. The van der Waals surface area contributed by atoms with Gasteiger partial charge in [0.05, 0.1) is 42.4 Å². The van der Waals surface area contributed by atoms with E-state index in [1.165, 1.54) is 5.56 Å². The van der Waals surface area contributed by atoms with Gasteiger partial charge < -0.3 is 10.1 Å². The molecule has 0 aliphatic carbocycles. The van der Waals surface area contributed by atoms with Crippen molar-refractivity contribution in [1.82, 2.24) is 9.78 Å². The maximum Gasteiger partial charge on any atom is 0.227 e. The number of para-hydroxylation sites is 1. The third-order valence-electron chi connectivity index (χ3n) is 4.75. The summed E-state index contributed by atoms with van der Waals surface area (Å²) in [6.07, 6.45) is 2.70. The summed E-state index contributed by atoms with van der Waals surface area (Å²) in [6, 6.07) is 18.0. The Balaban J connectivity index is 1.47. The summed E-state index contributed by atoms with van der Waals surface area (Å²) in [7, 11) is 0. The molecule has 5 nitrogen and oxygen atoms in total. The van der Waals surface area contributed by atoms with Gasteiger partial charge in [-0.15, -0.1) is 0 Å². The molecule has 1 aliphatic heterocycles. The first-order valence-electron chi connectivity index (χ1n) is 8.81. The number of nitrogens with zero attached hydrogens (tertiary/aromatic N) is 2. The van der Waals surface area contributed by atoms with Crippen LogP contribution in [0.3, 0.4) is 0 Å². The molecule has 1 aromatic heterocycles. The van der Waals surface area contributed by atoms with Gasteiger partial charge in [-0.25, -0.2) is 4.68 Å². The van der Waals surface area contributed by atoms with Gasteiger partial charge >= 0.3 is 0 Å². The third kappa shape index (κ3) is 3.26. The number of rotatable bonds is 4. The Morgan fingerprint density at radius 1 is 1.19 bits per heavy atom. The predicted octanol–water partition coefficient (Wildman–Crippen LogP) is 3.82. The smallest absolute Gasteiger partial charge is 0.227 e. The fraction of sp³-hybridized carbons (Fsp3) is 0.238. The molecule has 26 heavy (non-hydrogen) atoms. The van der Waals surface area contributed by atoms with Gasteiger partial charge in [0.15, 0.2) is 0 Å². The second-order valence-electron chi connectivity index (χ2n) is 6.45. The van der Waals surface area contributed by atoms with E-state index in [9.17, 15) is 4.79 Å². The molecule has 1 amide bonds. The minimum atomic E-state index is -0.190. The summed E-state index contributed by atoms with van der Waals surface area (Å²) in [5.74, 6) is -0.0672. The monoisotopic (exact) mass is 347 g/mol. The van der Waals surface area contributed by atoms with Crippen molar-refractivity contribution in [1.29, 1.82) is 0 Å². The molecule has 0 unspecified atom stereocenters. The topological polar surface area (TPSA) is 56.1 Å². The van der Waals surface area contributed by atoms with Gasteiger partial charge in [-0.3, -0.25) is 4.79 Å². The summed E-state index contributed by atoms with van der Waals surface area (Å²) in [5, 5.41) is 7.37. The number of anilines is 1. The maximum absolute atomic E-state index is 12.6. The Labute approximate surface area is 152 Å². The molecule has 1 aliphatic rings. The number of benzene rings is 2. The van der Waals surface area contributed by atoms with E-state index >= 15 is 0 Å². The first-order chi connectivity index (χ1) is 12.7. The Kier molecular flexibility index (Phi) is 4.54. The van der Waals surface area contributed by atoms with Gasteiger partial charge in [-0.05, 0) is 36.6 Å². The van der Waals surface area contributed by atoms with Crippen LogP contribution in [0, 0.1) is 6.92 Å². The molecule has 1 atom stereocenters. The summed E-state index contributed by atoms with van der Waals surface area (Å²) in [6.45, 7) is 2.60. The average molecular weight is 347 g/mol. The van der Waals surface area contributed by atoms with Crippen LogP contribution < -0.4 is 5.32 Å². The van der Waals surface area contributed by atoms with E-state index in [2.05, 4.69) is 16.5 Å². The number of hydrogen-bond donors (Lipinski definition) is 1. The van der Waals surface area contributed by atoms with E-state index in [0.29, 0.717) is 13.0 Å². The number of fused-ring (bicyclic) bond motifs is 1. The summed E-state index contributed by atoms with van der Waals surface area (Å²) in [5.41, 5.74) is 4.97. The van der Waals surface area contributed by atoms with Crippen LogP contribution in [0.25, 0.3) is 5.69 Å². The largest absolute Gasteiger partial charge is 0.373 e. The molecule has 2 aromatic carbocycles. The molecule has 0 saturated carbocycles. The van der Waals surface area contributed by atoms with Crippen molar-refractivity contribution in [3.8, 4) is 5.69 Å². The van der Waals surface area contributed by atoms with Crippen LogP contribution in [0.5, 0.6) is 0 Å². The molecule has 0 radical (unpaired) electrons. The Hall–Kier alpha value is -2.92.